The van der Waals surface area contributed by atoms with Crippen molar-refractivity contribution in [2.75, 3.05) is 0 Å². The van der Waals surface area contributed by atoms with Crippen molar-refractivity contribution in [2.45, 2.75) is 33.2 Å². The summed E-state index contributed by atoms with van der Waals surface area (Å²) in [4.78, 5) is 23.6. The van der Waals surface area contributed by atoms with E-state index >= 15 is 0 Å². The Morgan fingerprint density at radius 2 is 2.00 bits per heavy atom. The summed E-state index contributed by atoms with van der Waals surface area (Å²) in [6.07, 6.45) is 1.21. The number of nitrogens with one attached hydrogen (secondary N) is 1. The first-order valence-electron chi connectivity index (χ1n) is 5.02. The Kier molecular flexibility index (Phi) is 4.00. The van der Waals surface area contributed by atoms with E-state index in [1.807, 2.05) is 0 Å². The van der Waals surface area contributed by atoms with Gasteiger partial charge in [-0.05, 0) is 26.7 Å². The molecule has 6 heteroatoms. The summed E-state index contributed by atoms with van der Waals surface area (Å²) in [7, 11) is 0. The molecule has 16 heavy (non-hydrogen) atoms. The van der Waals surface area contributed by atoms with Gasteiger partial charge >= 0.3 is 0 Å². The maximum atomic E-state index is 11.7. The highest BCUT2D eigenvalue weighted by Gasteiger charge is 2.06. The second-order valence-electron chi connectivity index (χ2n) is 3.72. The molecule has 88 valence electrons. The van der Waals surface area contributed by atoms with Crippen LogP contribution in [0, 0.1) is 13.8 Å². The lowest BCUT2D eigenvalue weighted by atomic mass is 10.2. The van der Waals surface area contributed by atoms with Crippen molar-refractivity contribution in [2.24, 2.45) is 5.73 Å². The molecule has 0 aliphatic carbocycles. The zero-order valence-corrected chi connectivity index (χ0v) is 10.2. The van der Waals surface area contributed by atoms with E-state index in [0.29, 0.717) is 35.5 Å². The van der Waals surface area contributed by atoms with Gasteiger partial charge in [0.2, 0.25) is 0 Å². The monoisotopic (exact) mass is 241 g/mol. The first-order chi connectivity index (χ1) is 7.43. The Morgan fingerprint density at radius 1 is 1.38 bits per heavy atom. The number of aromatic amines is 1. The van der Waals surface area contributed by atoms with Gasteiger partial charge in [-0.3, -0.25) is 19.4 Å². The maximum Gasteiger partial charge on any atom is 0.268 e. The van der Waals surface area contributed by atoms with Crippen molar-refractivity contribution in [3.63, 3.8) is 0 Å². The standard InChI is InChI=1S/C10H15N3O2S/c1-6-7(2)10(15)13(12-9(6)14)5-3-4-8(11)16/h3-5H2,1-2H3,(H2,11,16)(H,12,14). The topological polar surface area (TPSA) is 80.9 Å². The molecule has 5 nitrogen and oxygen atoms in total. The SMILES string of the molecule is Cc1c(C)c(=O)n(CCCC(N)=S)[nH]c1=O. The van der Waals surface area contributed by atoms with Crippen LogP contribution in [0.25, 0.3) is 0 Å². The van der Waals surface area contributed by atoms with Gasteiger partial charge in [0.25, 0.3) is 11.1 Å². The summed E-state index contributed by atoms with van der Waals surface area (Å²) in [5.74, 6) is 0. The molecule has 0 aromatic carbocycles. The van der Waals surface area contributed by atoms with Gasteiger partial charge in [0.05, 0.1) is 4.99 Å². The summed E-state index contributed by atoms with van der Waals surface area (Å²) in [5.41, 5.74) is 5.91. The van der Waals surface area contributed by atoms with Crippen molar-refractivity contribution < 1.29 is 0 Å². The molecule has 0 fully saturated rings. The number of aryl methyl sites for hydroxylation is 1. The molecule has 0 bridgehead atoms. The van der Waals surface area contributed by atoms with Crippen LogP contribution in [0.15, 0.2) is 9.59 Å². The molecule has 0 spiro atoms. The molecule has 1 heterocycles. The van der Waals surface area contributed by atoms with Crippen LogP contribution in [0.2, 0.25) is 0 Å². The lowest BCUT2D eigenvalue weighted by Crippen LogP contribution is -2.33. The molecule has 0 saturated carbocycles. The van der Waals surface area contributed by atoms with Crippen LogP contribution in [0.5, 0.6) is 0 Å². The Labute approximate surface area is 98.3 Å². The smallest absolute Gasteiger partial charge is 0.268 e. The molecule has 1 rings (SSSR count). The molecule has 0 saturated heterocycles. The van der Waals surface area contributed by atoms with Crippen LogP contribution in [0.3, 0.4) is 0 Å². The van der Waals surface area contributed by atoms with E-state index in [2.05, 4.69) is 5.10 Å². The fraction of sp³-hybridized carbons (Fsp3) is 0.500. The quantitative estimate of drug-likeness (QED) is 0.739. The number of nitrogens with two attached hydrogens (primary N) is 1. The first-order valence-corrected chi connectivity index (χ1v) is 5.43. The van der Waals surface area contributed by atoms with Crippen molar-refractivity contribution >= 4 is 17.2 Å². The van der Waals surface area contributed by atoms with Gasteiger partial charge in [0.15, 0.2) is 0 Å². The third-order valence-corrected chi connectivity index (χ3v) is 2.71. The molecule has 0 aliphatic heterocycles. The molecule has 1 aromatic rings. The number of hydrogen-bond donors (Lipinski definition) is 2. The maximum absolute atomic E-state index is 11.7. The number of hydrogen-bond acceptors (Lipinski definition) is 3. The number of thiocarbonyl (C=S) groups is 1. The molecular formula is C10H15N3O2S. The third kappa shape index (κ3) is 2.79. The predicted molar refractivity (Wildman–Crippen MR) is 66.8 cm³/mol. The van der Waals surface area contributed by atoms with E-state index in [4.69, 9.17) is 18.0 Å². The highest BCUT2D eigenvalue weighted by Crippen LogP contribution is 1.94. The molecule has 0 atom stereocenters. The van der Waals surface area contributed by atoms with E-state index in [1.165, 1.54) is 4.68 Å². The van der Waals surface area contributed by atoms with Gasteiger partial charge in [0, 0.05) is 17.7 Å². The second kappa shape index (κ2) is 5.07. The lowest BCUT2D eigenvalue weighted by molar-refractivity contribution is 0.544. The zero-order valence-electron chi connectivity index (χ0n) is 9.37. The summed E-state index contributed by atoms with van der Waals surface area (Å²) < 4.78 is 1.31. The van der Waals surface area contributed by atoms with Gasteiger partial charge in [0.1, 0.15) is 0 Å². The summed E-state index contributed by atoms with van der Waals surface area (Å²) in [6.45, 7) is 3.71. The minimum atomic E-state index is -0.229. The molecule has 0 radical (unpaired) electrons. The fourth-order valence-corrected chi connectivity index (χ4v) is 1.50. The Hall–Kier alpha value is -1.43. The molecule has 0 amide bonds. The average Bonchev–Trinajstić information content (AvgIpc) is 2.22. The van der Waals surface area contributed by atoms with Gasteiger partial charge in [-0.2, -0.15) is 0 Å². The number of aromatic nitrogens is 2. The van der Waals surface area contributed by atoms with E-state index in [1.54, 1.807) is 13.8 Å². The van der Waals surface area contributed by atoms with Crippen LogP contribution >= 0.6 is 12.2 Å². The third-order valence-electron chi connectivity index (χ3n) is 2.51. The van der Waals surface area contributed by atoms with E-state index in [9.17, 15) is 9.59 Å². The van der Waals surface area contributed by atoms with Crippen LogP contribution < -0.4 is 16.9 Å². The van der Waals surface area contributed by atoms with Crippen molar-refractivity contribution in [1.29, 1.82) is 0 Å². The van der Waals surface area contributed by atoms with Crippen LogP contribution in [0.4, 0.5) is 0 Å². The van der Waals surface area contributed by atoms with Gasteiger partial charge in [-0.15, -0.1) is 0 Å². The van der Waals surface area contributed by atoms with Crippen LogP contribution in [-0.4, -0.2) is 14.8 Å². The molecular weight excluding hydrogens is 226 g/mol. The Morgan fingerprint density at radius 3 is 2.56 bits per heavy atom. The minimum absolute atomic E-state index is 0.167. The molecule has 0 unspecified atom stereocenters. The number of H-pyrrole nitrogens is 1. The van der Waals surface area contributed by atoms with Gasteiger partial charge < -0.3 is 5.73 Å². The van der Waals surface area contributed by atoms with Crippen molar-refractivity contribution in [3.05, 3.63) is 31.8 Å². The predicted octanol–water partition coefficient (Wildman–Crippen LogP) is 0.220. The lowest BCUT2D eigenvalue weighted by Gasteiger charge is -2.07. The van der Waals surface area contributed by atoms with E-state index < -0.39 is 0 Å². The molecule has 0 aliphatic rings. The molecule has 1 aromatic heterocycles. The second-order valence-corrected chi connectivity index (χ2v) is 4.24. The van der Waals surface area contributed by atoms with Crippen LogP contribution in [-0.2, 0) is 6.54 Å². The fourth-order valence-electron chi connectivity index (χ4n) is 1.36. The summed E-state index contributed by atoms with van der Waals surface area (Å²) >= 11 is 4.73. The zero-order chi connectivity index (χ0) is 12.3. The van der Waals surface area contributed by atoms with Crippen molar-refractivity contribution in [3.8, 4) is 0 Å². The van der Waals surface area contributed by atoms with E-state index in [-0.39, 0.29) is 11.1 Å². The molecule has 3 N–H and O–H groups in total. The van der Waals surface area contributed by atoms with Gasteiger partial charge in [-0.1, -0.05) is 12.2 Å². The Bertz CT molecular complexity index is 516. The highest BCUT2D eigenvalue weighted by molar-refractivity contribution is 7.80. The van der Waals surface area contributed by atoms with Gasteiger partial charge in [-0.25, -0.2) is 0 Å². The summed E-state index contributed by atoms with van der Waals surface area (Å²) in [6, 6.07) is 0. The normalized spacial score (nSPS) is 10.4. The summed E-state index contributed by atoms with van der Waals surface area (Å²) in [5, 5.41) is 2.52. The number of rotatable bonds is 4. The first kappa shape index (κ1) is 12.6. The Balaban J connectivity index is 2.94. The van der Waals surface area contributed by atoms with Crippen LogP contribution in [0.1, 0.15) is 24.0 Å². The largest absolute Gasteiger partial charge is 0.393 e. The number of nitrogens with zero attached hydrogens (tertiary/aromatic N) is 1. The average molecular weight is 241 g/mol. The van der Waals surface area contributed by atoms with Crippen molar-refractivity contribution in [1.82, 2.24) is 9.78 Å². The van der Waals surface area contributed by atoms with E-state index in [0.717, 1.165) is 0 Å². The highest BCUT2D eigenvalue weighted by atomic mass is 32.1. The minimum Gasteiger partial charge on any atom is -0.393 e.